The van der Waals surface area contributed by atoms with Crippen LogP contribution >= 0.6 is 0 Å². The molecule has 1 atom stereocenters. The quantitative estimate of drug-likeness (QED) is 0.604. The summed E-state index contributed by atoms with van der Waals surface area (Å²) in [5.41, 5.74) is 4.79. The van der Waals surface area contributed by atoms with Crippen LogP contribution in [0.4, 0.5) is 14.9 Å². The van der Waals surface area contributed by atoms with Gasteiger partial charge in [-0.1, -0.05) is 60.7 Å². The van der Waals surface area contributed by atoms with Gasteiger partial charge >= 0.3 is 6.09 Å². The molecule has 3 aromatic rings. The van der Waals surface area contributed by atoms with E-state index in [9.17, 15) is 9.90 Å². The molecule has 2 aliphatic rings. The molecule has 3 aromatic carbocycles. The first-order valence-electron chi connectivity index (χ1n) is 10.8. The first kappa shape index (κ1) is 20.4. The average Bonchev–Trinajstić information content (AvgIpc) is 2.83. The maximum absolute atomic E-state index is 15.3. The van der Waals surface area contributed by atoms with Crippen LogP contribution < -0.4 is 0 Å². The molecule has 5 nitrogen and oxygen atoms in total. The Balaban J connectivity index is 1.56. The summed E-state index contributed by atoms with van der Waals surface area (Å²) < 4.78 is 15.3. The van der Waals surface area contributed by atoms with Gasteiger partial charge < -0.3 is 10.0 Å². The number of rotatable bonds is 3. The number of hydrogen-bond acceptors (Lipinski definition) is 3. The lowest BCUT2D eigenvalue weighted by Crippen LogP contribution is -2.52. The van der Waals surface area contributed by atoms with E-state index in [-0.39, 0.29) is 11.9 Å². The third-order valence-corrected chi connectivity index (χ3v) is 6.32. The Hall–Kier alpha value is -3.51. The zero-order chi connectivity index (χ0) is 22.1. The van der Waals surface area contributed by atoms with Crippen LogP contribution in [0.1, 0.15) is 28.3 Å². The van der Waals surface area contributed by atoms with Gasteiger partial charge in [-0.05, 0) is 29.7 Å². The molecule has 1 fully saturated rings. The van der Waals surface area contributed by atoms with Crippen LogP contribution in [0.3, 0.4) is 0 Å². The fraction of sp³-hybridized carbons (Fsp3) is 0.231. The van der Waals surface area contributed by atoms with Crippen LogP contribution in [0, 0.1) is 5.82 Å². The summed E-state index contributed by atoms with van der Waals surface area (Å²) in [7, 11) is 0. The Bertz CT molecular complexity index is 1120. The van der Waals surface area contributed by atoms with Gasteiger partial charge in [-0.15, -0.1) is 0 Å². The zero-order valence-electron chi connectivity index (χ0n) is 17.6. The molecule has 32 heavy (non-hydrogen) atoms. The first-order chi connectivity index (χ1) is 15.6. The Labute approximate surface area is 186 Å². The second-order valence-corrected chi connectivity index (χ2v) is 8.23. The zero-order valence-corrected chi connectivity index (χ0v) is 17.6. The fourth-order valence-electron chi connectivity index (χ4n) is 4.66. The molecule has 0 aromatic heterocycles. The second kappa shape index (κ2) is 8.55. The van der Waals surface area contributed by atoms with Gasteiger partial charge in [0.05, 0.1) is 17.4 Å². The van der Waals surface area contributed by atoms with Gasteiger partial charge in [0.25, 0.3) is 0 Å². The number of nitrogens with zero attached hydrogens (tertiary/aromatic N) is 3. The van der Waals surface area contributed by atoms with Crippen molar-refractivity contribution in [3.05, 3.63) is 101 Å². The van der Waals surface area contributed by atoms with E-state index in [1.807, 2.05) is 66.7 Å². The minimum Gasteiger partial charge on any atom is -0.465 e. The van der Waals surface area contributed by atoms with Gasteiger partial charge in [0.1, 0.15) is 5.82 Å². The van der Waals surface area contributed by atoms with Crippen molar-refractivity contribution >= 4 is 17.5 Å². The number of aliphatic imine (C=N–C) groups is 1. The Kier molecular flexibility index (Phi) is 5.45. The summed E-state index contributed by atoms with van der Waals surface area (Å²) in [4.78, 5) is 19.9. The topological polar surface area (TPSA) is 56.1 Å². The normalized spacial score (nSPS) is 17.9. The van der Waals surface area contributed by atoms with Crippen molar-refractivity contribution in [2.24, 2.45) is 4.99 Å². The van der Waals surface area contributed by atoms with Crippen LogP contribution in [0.15, 0.2) is 77.8 Å². The highest BCUT2D eigenvalue weighted by molar-refractivity contribution is 6.13. The molecule has 0 spiro atoms. The molecule has 1 amide bonds. The minimum atomic E-state index is -0.922. The molecule has 2 aliphatic heterocycles. The number of carbonyl (C=O) groups is 1. The molecule has 1 N–H and O–H groups in total. The SMILES string of the molecule is O=C(O)N1CCN2CCc3cc(N=C(c4ccccc4)c4ccccc4)c(F)cc3[C@@H]2C1. The van der Waals surface area contributed by atoms with Crippen molar-refractivity contribution in [1.82, 2.24) is 9.80 Å². The largest absolute Gasteiger partial charge is 0.465 e. The number of benzene rings is 3. The summed E-state index contributed by atoms with van der Waals surface area (Å²) in [6.07, 6.45) is -0.123. The summed E-state index contributed by atoms with van der Waals surface area (Å²) in [5.74, 6) is -0.387. The Morgan fingerprint density at radius 1 is 0.938 bits per heavy atom. The van der Waals surface area contributed by atoms with E-state index in [2.05, 4.69) is 4.90 Å². The van der Waals surface area contributed by atoms with Crippen LogP contribution in [-0.4, -0.2) is 52.9 Å². The van der Waals surface area contributed by atoms with E-state index in [0.29, 0.717) is 25.3 Å². The van der Waals surface area contributed by atoms with E-state index >= 15 is 4.39 Å². The fourth-order valence-corrected chi connectivity index (χ4v) is 4.66. The molecular weight excluding hydrogens is 405 g/mol. The number of fused-ring (bicyclic) bond motifs is 3. The van der Waals surface area contributed by atoms with E-state index in [1.165, 1.54) is 4.90 Å². The van der Waals surface area contributed by atoms with Crippen LogP contribution in [-0.2, 0) is 6.42 Å². The van der Waals surface area contributed by atoms with E-state index in [1.54, 1.807) is 6.07 Å². The number of amides is 1. The van der Waals surface area contributed by atoms with Gasteiger partial charge in [-0.2, -0.15) is 0 Å². The number of hydrogen-bond donors (Lipinski definition) is 1. The number of halogens is 1. The molecule has 6 heteroatoms. The average molecular weight is 429 g/mol. The monoisotopic (exact) mass is 429 g/mol. The van der Waals surface area contributed by atoms with E-state index in [4.69, 9.17) is 4.99 Å². The van der Waals surface area contributed by atoms with Crippen LogP contribution in [0.25, 0.3) is 0 Å². The highest BCUT2D eigenvalue weighted by Gasteiger charge is 2.35. The van der Waals surface area contributed by atoms with Gasteiger partial charge in [-0.3, -0.25) is 4.90 Å². The molecule has 0 saturated carbocycles. The predicted molar refractivity (Wildman–Crippen MR) is 122 cm³/mol. The third-order valence-electron chi connectivity index (χ3n) is 6.32. The first-order valence-corrected chi connectivity index (χ1v) is 10.8. The van der Waals surface area contributed by atoms with E-state index < -0.39 is 6.09 Å². The van der Waals surface area contributed by atoms with Crippen molar-refractivity contribution in [2.75, 3.05) is 26.2 Å². The lowest BCUT2D eigenvalue weighted by Gasteiger charge is -2.44. The summed E-state index contributed by atoms with van der Waals surface area (Å²) >= 11 is 0. The van der Waals surface area contributed by atoms with Crippen molar-refractivity contribution in [2.45, 2.75) is 12.5 Å². The van der Waals surface area contributed by atoms with E-state index in [0.717, 1.165) is 40.9 Å². The number of piperazine rings is 1. The molecule has 2 heterocycles. The Morgan fingerprint density at radius 2 is 1.59 bits per heavy atom. The van der Waals surface area contributed by atoms with Gasteiger partial charge in [0, 0.05) is 37.3 Å². The van der Waals surface area contributed by atoms with Crippen LogP contribution in [0.2, 0.25) is 0 Å². The molecular formula is C26H24FN3O2. The van der Waals surface area contributed by atoms with Crippen molar-refractivity contribution in [3.8, 4) is 0 Å². The lowest BCUT2D eigenvalue weighted by molar-refractivity contribution is 0.0633. The van der Waals surface area contributed by atoms with Crippen molar-refractivity contribution in [1.29, 1.82) is 0 Å². The summed E-state index contributed by atoms with van der Waals surface area (Å²) in [6, 6.07) is 22.9. The standard InChI is InChI=1S/C26H24FN3O2/c27-22-16-21-20(11-12-29-13-14-30(26(31)32)17-24(21)29)15-23(22)28-25(18-7-3-1-4-8-18)19-9-5-2-6-10-19/h1-10,15-16,24H,11-14,17H2,(H,31,32)/t24-/m0/s1. The molecule has 5 rings (SSSR count). The molecule has 0 aliphatic carbocycles. The second-order valence-electron chi connectivity index (χ2n) is 8.23. The molecule has 0 unspecified atom stereocenters. The molecule has 0 bridgehead atoms. The van der Waals surface area contributed by atoms with Crippen molar-refractivity contribution < 1.29 is 14.3 Å². The summed E-state index contributed by atoms with van der Waals surface area (Å²) in [5, 5.41) is 9.41. The predicted octanol–water partition coefficient (Wildman–Crippen LogP) is 4.89. The maximum atomic E-state index is 15.3. The Morgan fingerprint density at radius 3 is 2.22 bits per heavy atom. The summed E-state index contributed by atoms with van der Waals surface area (Å²) in [6.45, 7) is 2.36. The van der Waals surface area contributed by atoms with Gasteiger partial charge in [0.2, 0.25) is 0 Å². The maximum Gasteiger partial charge on any atom is 0.407 e. The molecule has 0 radical (unpaired) electrons. The molecule has 1 saturated heterocycles. The third kappa shape index (κ3) is 3.89. The number of carboxylic acid groups (broad SMARTS) is 1. The molecule has 162 valence electrons. The van der Waals surface area contributed by atoms with Crippen LogP contribution in [0.5, 0.6) is 0 Å². The highest BCUT2D eigenvalue weighted by atomic mass is 19.1. The lowest BCUT2D eigenvalue weighted by atomic mass is 9.90. The van der Waals surface area contributed by atoms with Gasteiger partial charge in [-0.25, -0.2) is 14.2 Å². The minimum absolute atomic E-state index is 0.112. The smallest absolute Gasteiger partial charge is 0.407 e. The van der Waals surface area contributed by atoms with Crippen molar-refractivity contribution in [3.63, 3.8) is 0 Å². The highest BCUT2D eigenvalue weighted by Crippen LogP contribution is 2.36. The van der Waals surface area contributed by atoms with Gasteiger partial charge in [0.15, 0.2) is 0 Å².